The minimum absolute atomic E-state index is 0.379. The number of carbonyl (C=O) groups is 1. The number of halogens is 1. The Hall–Kier alpha value is -1.03. The number of hydrogen-bond acceptors (Lipinski definition) is 2. The third-order valence-corrected chi connectivity index (χ3v) is 3.31. The van der Waals surface area contributed by atoms with Crippen LogP contribution in [-0.4, -0.2) is 23.7 Å². The van der Waals surface area contributed by atoms with Crippen molar-refractivity contribution in [3.63, 3.8) is 0 Å². The Kier molecular flexibility index (Phi) is 2.69. The van der Waals surface area contributed by atoms with Crippen LogP contribution < -0.4 is 4.90 Å². The SMILES string of the molecule is CC1CCN1c1cc(Br)ccc1C(=O)O. The van der Waals surface area contributed by atoms with E-state index in [2.05, 4.69) is 27.8 Å². The molecule has 4 heteroatoms. The highest BCUT2D eigenvalue weighted by molar-refractivity contribution is 9.10. The van der Waals surface area contributed by atoms with E-state index in [0.717, 1.165) is 23.1 Å². The highest BCUT2D eigenvalue weighted by Crippen LogP contribution is 2.31. The number of benzene rings is 1. The normalized spacial score (nSPS) is 19.9. The first kappa shape index (κ1) is 10.5. The van der Waals surface area contributed by atoms with E-state index in [1.807, 2.05) is 6.07 Å². The zero-order chi connectivity index (χ0) is 11.0. The van der Waals surface area contributed by atoms with E-state index in [4.69, 9.17) is 5.11 Å². The summed E-state index contributed by atoms with van der Waals surface area (Å²) < 4.78 is 0.918. The standard InChI is InChI=1S/C11H12BrNO2/c1-7-4-5-13(7)10-6-8(12)2-3-9(10)11(14)15/h2-3,6-7H,4-5H2,1H3,(H,14,15). The lowest BCUT2D eigenvalue weighted by molar-refractivity contribution is 0.0697. The fraction of sp³-hybridized carbons (Fsp3) is 0.364. The van der Waals surface area contributed by atoms with Crippen LogP contribution in [-0.2, 0) is 0 Å². The van der Waals surface area contributed by atoms with Gasteiger partial charge in [0.25, 0.3) is 0 Å². The van der Waals surface area contributed by atoms with Crippen molar-refractivity contribution in [2.75, 3.05) is 11.4 Å². The second-order valence-electron chi connectivity index (χ2n) is 3.80. The molecule has 3 nitrogen and oxygen atoms in total. The van der Waals surface area contributed by atoms with Crippen molar-refractivity contribution in [2.24, 2.45) is 0 Å². The maximum atomic E-state index is 11.0. The summed E-state index contributed by atoms with van der Waals surface area (Å²) in [5, 5.41) is 9.07. The fourth-order valence-corrected chi connectivity index (χ4v) is 2.15. The van der Waals surface area contributed by atoms with Gasteiger partial charge in [-0.3, -0.25) is 0 Å². The Morgan fingerprint density at radius 1 is 1.60 bits per heavy atom. The van der Waals surface area contributed by atoms with Gasteiger partial charge in [-0.15, -0.1) is 0 Å². The molecule has 0 aromatic heterocycles. The van der Waals surface area contributed by atoms with Gasteiger partial charge >= 0.3 is 5.97 Å². The van der Waals surface area contributed by atoms with Crippen molar-refractivity contribution in [1.82, 2.24) is 0 Å². The predicted molar refractivity (Wildman–Crippen MR) is 62.5 cm³/mol. The van der Waals surface area contributed by atoms with Crippen LogP contribution in [0.4, 0.5) is 5.69 Å². The van der Waals surface area contributed by atoms with Crippen LogP contribution in [0.3, 0.4) is 0 Å². The third-order valence-electron chi connectivity index (χ3n) is 2.82. The van der Waals surface area contributed by atoms with Crippen molar-refractivity contribution in [3.8, 4) is 0 Å². The van der Waals surface area contributed by atoms with Gasteiger partial charge in [0.1, 0.15) is 0 Å². The molecule has 1 unspecified atom stereocenters. The summed E-state index contributed by atoms with van der Waals surface area (Å²) in [4.78, 5) is 13.2. The second-order valence-corrected chi connectivity index (χ2v) is 4.71. The molecule has 0 saturated carbocycles. The number of anilines is 1. The van der Waals surface area contributed by atoms with Gasteiger partial charge in [-0.2, -0.15) is 0 Å². The Labute approximate surface area is 96.8 Å². The monoisotopic (exact) mass is 269 g/mol. The highest BCUT2D eigenvalue weighted by Gasteiger charge is 2.27. The molecule has 0 bridgehead atoms. The molecular formula is C11H12BrNO2. The molecule has 1 saturated heterocycles. The van der Waals surface area contributed by atoms with Crippen LogP contribution in [0.15, 0.2) is 22.7 Å². The van der Waals surface area contributed by atoms with Crippen LogP contribution in [0.2, 0.25) is 0 Å². The van der Waals surface area contributed by atoms with Crippen LogP contribution in [0.25, 0.3) is 0 Å². The summed E-state index contributed by atoms with van der Waals surface area (Å²) in [5.41, 5.74) is 1.19. The first-order valence-corrected chi connectivity index (χ1v) is 5.68. The summed E-state index contributed by atoms with van der Waals surface area (Å²) in [7, 11) is 0. The molecule has 2 rings (SSSR count). The van der Waals surface area contributed by atoms with Crippen molar-refractivity contribution >= 4 is 27.6 Å². The van der Waals surface area contributed by atoms with E-state index < -0.39 is 5.97 Å². The second kappa shape index (κ2) is 3.85. The van der Waals surface area contributed by atoms with Crippen molar-refractivity contribution in [1.29, 1.82) is 0 Å². The lowest BCUT2D eigenvalue weighted by Crippen LogP contribution is -2.46. The molecule has 0 aliphatic carbocycles. The highest BCUT2D eigenvalue weighted by atomic mass is 79.9. The van der Waals surface area contributed by atoms with Crippen molar-refractivity contribution in [2.45, 2.75) is 19.4 Å². The molecular weight excluding hydrogens is 258 g/mol. The molecule has 0 radical (unpaired) electrons. The van der Waals surface area contributed by atoms with E-state index >= 15 is 0 Å². The molecule has 1 fully saturated rings. The van der Waals surface area contributed by atoms with E-state index in [0.29, 0.717) is 11.6 Å². The molecule has 1 aliphatic rings. The molecule has 1 N–H and O–H groups in total. The van der Waals surface area contributed by atoms with Gasteiger partial charge in [-0.1, -0.05) is 15.9 Å². The maximum Gasteiger partial charge on any atom is 0.337 e. The lowest BCUT2D eigenvalue weighted by atomic mass is 10.0. The largest absolute Gasteiger partial charge is 0.478 e. The Morgan fingerprint density at radius 2 is 2.33 bits per heavy atom. The van der Waals surface area contributed by atoms with Gasteiger partial charge in [-0.25, -0.2) is 4.79 Å². The zero-order valence-corrected chi connectivity index (χ0v) is 9.99. The van der Waals surface area contributed by atoms with Crippen molar-refractivity contribution < 1.29 is 9.90 Å². The number of aromatic carboxylic acids is 1. The van der Waals surface area contributed by atoms with Crippen LogP contribution in [0.1, 0.15) is 23.7 Å². The quantitative estimate of drug-likeness (QED) is 0.898. The number of carboxylic acid groups (broad SMARTS) is 1. The molecule has 80 valence electrons. The summed E-state index contributed by atoms with van der Waals surface area (Å²) in [6, 6.07) is 5.72. The summed E-state index contributed by atoms with van der Waals surface area (Å²) in [5.74, 6) is -0.864. The molecule has 1 aromatic rings. The molecule has 15 heavy (non-hydrogen) atoms. The number of carboxylic acids is 1. The van der Waals surface area contributed by atoms with Gasteiger partial charge in [0, 0.05) is 17.1 Å². The Balaban J connectivity index is 2.42. The Bertz CT molecular complexity index is 406. The number of nitrogens with zero attached hydrogens (tertiary/aromatic N) is 1. The average molecular weight is 270 g/mol. The minimum Gasteiger partial charge on any atom is -0.478 e. The number of rotatable bonds is 2. The fourth-order valence-electron chi connectivity index (χ4n) is 1.80. The van der Waals surface area contributed by atoms with Gasteiger partial charge in [0.15, 0.2) is 0 Å². The van der Waals surface area contributed by atoms with E-state index in [1.54, 1.807) is 12.1 Å². The first-order chi connectivity index (χ1) is 7.09. The van der Waals surface area contributed by atoms with Gasteiger partial charge < -0.3 is 10.0 Å². The van der Waals surface area contributed by atoms with E-state index in [-0.39, 0.29) is 0 Å². The topological polar surface area (TPSA) is 40.5 Å². The minimum atomic E-state index is -0.864. The van der Waals surface area contributed by atoms with Crippen LogP contribution >= 0.6 is 15.9 Å². The molecule has 1 aliphatic heterocycles. The van der Waals surface area contributed by atoms with Gasteiger partial charge in [0.2, 0.25) is 0 Å². The predicted octanol–water partition coefficient (Wildman–Crippen LogP) is 2.75. The van der Waals surface area contributed by atoms with Gasteiger partial charge in [0.05, 0.1) is 11.3 Å². The average Bonchev–Trinajstić information content (AvgIpc) is 2.15. The third kappa shape index (κ3) is 1.86. The summed E-state index contributed by atoms with van der Waals surface area (Å²) in [6.07, 6.45) is 1.13. The lowest BCUT2D eigenvalue weighted by Gasteiger charge is -2.41. The Morgan fingerprint density at radius 3 is 2.80 bits per heavy atom. The molecule has 0 spiro atoms. The summed E-state index contributed by atoms with van der Waals surface area (Å²) >= 11 is 3.37. The van der Waals surface area contributed by atoms with Crippen molar-refractivity contribution in [3.05, 3.63) is 28.2 Å². The molecule has 1 heterocycles. The van der Waals surface area contributed by atoms with Crippen LogP contribution in [0, 0.1) is 0 Å². The van der Waals surface area contributed by atoms with Gasteiger partial charge in [-0.05, 0) is 31.5 Å². The van der Waals surface area contributed by atoms with E-state index in [9.17, 15) is 4.79 Å². The number of hydrogen-bond donors (Lipinski definition) is 1. The molecule has 1 atom stereocenters. The van der Waals surface area contributed by atoms with Crippen LogP contribution in [0.5, 0.6) is 0 Å². The first-order valence-electron chi connectivity index (χ1n) is 4.89. The smallest absolute Gasteiger partial charge is 0.337 e. The molecule has 1 aromatic carbocycles. The van der Waals surface area contributed by atoms with E-state index in [1.165, 1.54) is 0 Å². The summed E-state index contributed by atoms with van der Waals surface area (Å²) in [6.45, 7) is 3.05. The molecule has 0 amide bonds. The maximum absolute atomic E-state index is 11.0. The zero-order valence-electron chi connectivity index (χ0n) is 8.40.